The number of aromatic nitrogens is 3. The summed E-state index contributed by atoms with van der Waals surface area (Å²) in [6.07, 6.45) is 3.62. The fraction of sp³-hybridized carbons (Fsp3) is 0. The van der Waals surface area contributed by atoms with E-state index in [9.17, 15) is 8.42 Å². The van der Waals surface area contributed by atoms with Crippen molar-refractivity contribution >= 4 is 9.84 Å². The zero-order valence-corrected chi connectivity index (χ0v) is 31.4. The van der Waals surface area contributed by atoms with Crippen LogP contribution in [0.1, 0.15) is 0 Å². The average molecular weight is 752 g/mol. The number of hydrogen-bond donors (Lipinski definition) is 0. The van der Waals surface area contributed by atoms with Crippen molar-refractivity contribution in [3.63, 3.8) is 0 Å². The van der Waals surface area contributed by atoms with Gasteiger partial charge in [0.05, 0.1) is 21.2 Å². The summed E-state index contributed by atoms with van der Waals surface area (Å²) in [5, 5.41) is 0. The first-order chi connectivity index (χ1) is 28.0. The predicted molar refractivity (Wildman–Crippen MR) is 229 cm³/mol. The number of benzene rings is 7. The van der Waals surface area contributed by atoms with E-state index in [1.165, 1.54) is 0 Å². The summed E-state index contributed by atoms with van der Waals surface area (Å²) < 4.78 is 30.0. The van der Waals surface area contributed by atoms with Crippen molar-refractivity contribution in [1.82, 2.24) is 15.0 Å². The van der Waals surface area contributed by atoms with Gasteiger partial charge in [0.2, 0.25) is 9.84 Å². The van der Waals surface area contributed by atoms with Crippen LogP contribution in [0.25, 0.3) is 89.5 Å². The molecule has 0 aliphatic carbocycles. The van der Waals surface area contributed by atoms with Crippen LogP contribution < -0.4 is 0 Å². The number of fused-ring (bicyclic) bond motifs is 9. The summed E-state index contributed by atoms with van der Waals surface area (Å²) >= 11 is 0. The van der Waals surface area contributed by atoms with Crippen LogP contribution in [0, 0.1) is 0 Å². The molecule has 57 heavy (non-hydrogen) atoms. The molecule has 9 aromatic rings. The minimum absolute atomic E-state index is 0.245. The molecule has 0 unspecified atom stereocenters. The number of nitrogens with zero attached hydrogens (tertiary/aromatic N) is 3. The highest BCUT2D eigenvalue weighted by molar-refractivity contribution is 7.91. The van der Waals surface area contributed by atoms with Crippen LogP contribution in [0.4, 0.5) is 0 Å². The minimum atomic E-state index is -4.01. The Labute approximate surface area is 331 Å². The van der Waals surface area contributed by atoms with Crippen LogP contribution in [0.3, 0.4) is 0 Å². The molecule has 0 N–H and O–H groups in total. The van der Waals surface area contributed by atoms with Crippen LogP contribution >= 0.6 is 0 Å². The molecule has 5 nitrogen and oxygen atoms in total. The van der Waals surface area contributed by atoms with Gasteiger partial charge in [0, 0.05) is 40.2 Å². The topological polar surface area (TPSA) is 72.8 Å². The minimum Gasteiger partial charge on any atom is -0.264 e. The molecule has 0 bridgehead atoms. The summed E-state index contributed by atoms with van der Waals surface area (Å²) in [6, 6.07) is 61.6. The first kappa shape index (κ1) is 34.2. The highest BCUT2D eigenvalue weighted by Gasteiger charge is 2.29. The van der Waals surface area contributed by atoms with Crippen LogP contribution in [0.5, 0.6) is 0 Å². The summed E-state index contributed by atoms with van der Waals surface area (Å²) in [5.74, 6) is 0.585. The zero-order valence-electron chi connectivity index (χ0n) is 30.6. The zero-order chi connectivity index (χ0) is 38.3. The van der Waals surface area contributed by atoms with Crippen LogP contribution in [0.15, 0.2) is 210 Å². The van der Waals surface area contributed by atoms with Gasteiger partial charge in [-0.3, -0.25) is 4.98 Å². The maximum absolute atomic E-state index is 15.0. The molecule has 0 saturated carbocycles. The van der Waals surface area contributed by atoms with Gasteiger partial charge in [-0.25, -0.2) is 18.4 Å². The van der Waals surface area contributed by atoms with Crippen molar-refractivity contribution < 1.29 is 8.42 Å². The quantitative estimate of drug-likeness (QED) is 0.179. The molecule has 6 heteroatoms. The Hall–Kier alpha value is -7.28. The molecule has 1 aliphatic rings. The molecule has 0 fully saturated rings. The average Bonchev–Trinajstić information content (AvgIpc) is 3.30. The van der Waals surface area contributed by atoms with Gasteiger partial charge >= 0.3 is 0 Å². The Morgan fingerprint density at radius 1 is 0.333 bits per heavy atom. The smallest absolute Gasteiger partial charge is 0.207 e. The predicted octanol–water partition coefficient (Wildman–Crippen LogP) is 12.4. The van der Waals surface area contributed by atoms with Gasteiger partial charge in [-0.15, -0.1) is 0 Å². The number of sulfone groups is 1. The molecule has 10 rings (SSSR count). The second kappa shape index (κ2) is 14.1. The lowest BCUT2D eigenvalue weighted by Crippen LogP contribution is -2.06. The maximum Gasteiger partial charge on any atom is 0.207 e. The van der Waals surface area contributed by atoms with Crippen LogP contribution in [-0.2, 0) is 9.84 Å². The van der Waals surface area contributed by atoms with Crippen molar-refractivity contribution in [2.45, 2.75) is 9.79 Å². The second-order valence-corrected chi connectivity index (χ2v) is 15.9. The molecular formula is C51H33N3O2S. The molecule has 0 spiro atoms. The lowest BCUT2D eigenvalue weighted by atomic mass is 9.86. The summed E-state index contributed by atoms with van der Waals surface area (Å²) in [6.45, 7) is 0. The third-order valence-electron chi connectivity index (χ3n) is 10.6. The fourth-order valence-corrected chi connectivity index (χ4v) is 9.55. The second-order valence-electron chi connectivity index (χ2n) is 14.0. The summed E-state index contributed by atoms with van der Waals surface area (Å²) in [4.78, 5) is 15.1. The third-order valence-corrected chi connectivity index (χ3v) is 12.5. The first-order valence-electron chi connectivity index (χ1n) is 18.8. The van der Waals surface area contributed by atoms with Gasteiger partial charge in [0.1, 0.15) is 0 Å². The van der Waals surface area contributed by atoms with Gasteiger partial charge in [0.25, 0.3) is 0 Å². The van der Waals surface area contributed by atoms with E-state index in [2.05, 4.69) is 53.5 Å². The Morgan fingerprint density at radius 2 is 0.789 bits per heavy atom. The molecule has 2 aromatic heterocycles. The van der Waals surface area contributed by atoms with E-state index in [4.69, 9.17) is 9.97 Å². The Kier molecular flexibility index (Phi) is 8.46. The van der Waals surface area contributed by atoms with E-state index in [0.717, 1.165) is 72.6 Å². The van der Waals surface area contributed by atoms with Gasteiger partial charge < -0.3 is 0 Å². The van der Waals surface area contributed by atoms with Crippen molar-refractivity contribution in [2.75, 3.05) is 0 Å². The van der Waals surface area contributed by atoms with E-state index < -0.39 is 9.84 Å². The van der Waals surface area contributed by atoms with Gasteiger partial charge in [-0.05, 0) is 74.8 Å². The molecular weight excluding hydrogens is 719 g/mol. The lowest BCUT2D eigenvalue weighted by molar-refractivity contribution is 0.596. The van der Waals surface area contributed by atoms with Crippen LogP contribution in [0.2, 0.25) is 0 Å². The highest BCUT2D eigenvalue weighted by Crippen LogP contribution is 2.47. The number of rotatable bonds is 4. The molecule has 270 valence electrons. The molecule has 0 radical (unpaired) electrons. The van der Waals surface area contributed by atoms with E-state index in [1.54, 1.807) is 30.5 Å². The van der Waals surface area contributed by atoms with Gasteiger partial charge in [0.15, 0.2) is 5.82 Å². The lowest BCUT2D eigenvalue weighted by Gasteiger charge is -2.18. The molecule has 3 heterocycles. The normalized spacial score (nSPS) is 12.5. The summed E-state index contributed by atoms with van der Waals surface area (Å²) in [5.41, 5.74) is 13.1. The van der Waals surface area contributed by atoms with Crippen molar-refractivity contribution in [3.05, 3.63) is 200 Å². The molecule has 7 aromatic carbocycles. The van der Waals surface area contributed by atoms with Gasteiger partial charge in [-0.1, -0.05) is 158 Å². The molecule has 0 atom stereocenters. The Balaban J connectivity index is 1.22. The molecule has 0 amide bonds. The third kappa shape index (κ3) is 6.13. The van der Waals surface area contributed by atoms with Crippen LogP contribution in [-0.4, -0.2) is 23.4 Å². The van der Waals surface area contributed by atoms with Crippen molar-refractivity contribution in [3.8, 4) is 89.5 Å². The highest BCUT2D eigenvalue weighted by atomic mass is 32.2. The standard InChI is InChI=1S/C51H33N3O2S/c55-57(56)49-22-10-8-20-44(49)42-19-7-6-17-40(42)39-16-4-5-18-41(39)43-29-28-37(31-46(43)45-21-9-11-23-50(45)57)48-32-47(35-13-2-1-3-14-35)53-51(54-48)36-26-24-34(25-27-36)38-15-12-30-52-33-38/h1-33H. The fourth-order valence-electron chi connectivity index (χ4n) is 7.86. The van der Waals surface area contributed by atoms with Crippen molar-refractivity contribution in [1.29, 1.82) is 0 Å². The van der Waals surface area contributed by atoms with E-state index in [1.807, 2.05) is 121 Å². The SMILES string of the molecule is O=S1(=O)c2ccccc2-c2ccccc2-c2ccccc2-c2ccc(-c3cc(-c4ccccc4)nc(-c4ccc(-c5cccnc5)cc4)n3)cc2-c2ccccc21. The van der Waals surface area contributed by atoms with Gasteiger partial charge in [-0.2, -0.15) is 0 Å². The first-order valence-corrected chi connectivity index (χ1v) is 20.2. The van der Waals surface area contributed by atoms with E-state index >= 15 is 0 Å². The summed E-state index contributed by atoms with van der Waals surface area (Å²) in [7, 11) is -4.01. The maximum atomic E-state index is 15.0. The van der Waals surface area contributed by atoms with E-state index in [-0.39, 0.29) is 9.79 Å². The monoisotopic (exact) mass is 751 g/mol. The van der Waals surface area contributed by atoms with E-state index in [0.29, 0.717) is 17.0 Å². The Morgan fingerprint density at radius 3 is 1.39 bits per heavy atom. The molecule has 1 aliphatic heterocycles. The Bertz CT molecular complexity index is 3070. The largest absolute Gasteiger partial charge is 0.264 e. The number of pyridine rings is 1. The molecule has 0 saturated heterocycles. The number of hydrogen-bond acceptors (Lipinski definition) is 5. The van der Waals surface area contributed by atoms with Crippen molar-refractivity contribution in [2.24, 2.45) is 0 Å².